The predicted octanol–water partition coefficient (Wildman–Crippen LogP) is 1.95. The van der Waals surface area contributed by atoms with E-state index in [1.165, 1.54) is 0 Å². The Morgan fingerprint density at radius 3 is 2.60 bits per heavy atom. The van der Waals surface area contributed by atoms with E-state index in [2.05, 4.69) is 6.92 Å². The number of rotatable bonds is 5. The topological polar surface area (TPSA) is 68.3 Å². The van der Waals surface area contributed by atoms with Crippen LogP contribution in [0.4, 0.5) is 0 Å². The van der Waals surface area contributed by atoms with Crippen LogP contribution in [0.1, 0.15) is 45.3 Å². The molecule has 1 aromatic rings. The maximum atomic E-state index is 12.7. The van der Waals surface area contributed by atoms with Crippen LogP contribution in [0, 0.1) is 5.92 Å². The van der Waals surface area contributed by atoms with E-state index in [4.69, 9.17) is 5.73 Å². The average Bonchev–Trinajstić information content (AvgIpc) is 3.05. The fourth-order valence-electron chi connectivity index (χ4n) is 2.78. The normalized spacial score (nSPS) is 20.9. The van der Waals surface area contributed by atoms with Gasteiger partial charge in [-0.25, -0.2) is 8.42 Å². The summed E-state index contributed by atoms with van der Waals surface area (Å²) in [6.45, 7) is 7.79. The predicted molar refractivity (Wildman–Crippen MR) is 79.9 cm³/mol. The van der Waals surface area contributed by atoms with E-state index < -0.39 is 10.0 Å². The van der Waals surface area contributed by atoms with Gasteiger partial charge in [-0.1, -0.05) is 13.3 Å². The van der Waals surface area contributed by atoms with Gasteiger partial charge < -0.3 is 10.3 Å². The Labute approximate surface area is 121 Å². The van der Waals surface area contributed by atoms with Gasteiger partial charge in [-0.2, -0.15) is 4.31 Å². The average molecular weight is 299 g/mol. The van der Waals surface area contributed by atoms with Crippen LogP contribution in [0.5, 0.6) is 0 Å². The fourth-order valence-corrected chi connectivity index (χ4v) is 4.36. The molecule has 1 aliphatic heterocycles. The van der Waals surface area contributed by atoms with Crippen molar-refractivity contribution in [3.8, 4) is 0 Å². The van der Waals surface area contributed by atoms with Crippen molar-refractivity contribution in [3.63, 3.8) is 0 Å². The molecule has 0 aliphatic carbocycles. The third kappa shape index (κ3) is 2.77. The molecule has 5 nitrogen and oxygen atoms in total. The molecule has 1 unspecified atom stereocenters. The summed E-state index contributed by atoms with van der Waals surface area (Å²) in [7, 11) is -3.37. The summed E-state index contributed by atoms with van der Waals surface area (Å²) in [6, 6.07) is 1.92. The van der Waals surface area contributed by atoms with Gasteiger partial charge in [0.2, 0.25) is 10.0 Å². The van der Waals surface area contributed by atoms with Crippen molar-refractivity contribution < 1.29 is 8.42 Å². The maximum absolute atomic E-state index is 12.7. The third-order valence-electron chi connectivity index (χ3n) is 4.14. The second kappa shape index (κ2) is 5.87. The van der Waals surface area contributed by atoms with E-state index in [1.54, 1.807) is 16.6 Å². The van der Waals surface area contributed by atoms with Crippen molar-refractivity contribution in [1.29, 1.82) is 0 Å². The van der Waals surface area contributed by atoms with Crippen molar-refractivity contribution in [2.45, 2.75) is 51.1 Å². The summed E-state index contributed by atoms with van der Waals surface area (Å²) in [4.78, 5) is 0.378. The number of hydrogen-bond donors (Lipinski definition) is 1. The van der Waals surface area contributed by atoms with Gasteiger partial charge in [0.15, 0.2) is 0 Å². The first-order chi connectivity index (χ1) is 9.40. The number of nitrogens with zero attached hydrogens (tertiary/aromatic N) is 2. The minimum Gasteiger partial charge on any atom is -0.346 e. The van der Waals surface area contributed by atoms with E-state index in [9.17, 15) is 8.42 Å². The lowest BCUT2D eigenvalue weighted by atomic mass is 10.1. The molecule has 0 saturated carbocycles. The number of nitrogens with two attached hydrogens (primary N) is 1. The lowest BCUT2D eigenvalue weighted by Crippen LogP contribution is -2.28. The minimum atomic E-state index is -3.37. The van der Waals surface area contributed by atoms with Gasteiger partial charge in [0, 0.05) is 37.6 Å². The fraction of sp³-hybridized carbons (Fsp3) is 0.714. The Balaban J connectivity index is 2.31. The van der Waals surface area contributed by atoms with E-state index in [1.807, 2.05) is 18.4 Å². The summed E-state index contributed by atoms with van der Waals surface area (Å²) in [6.07, 6.45) is 3.72. The van der Waals surface area contributed by atoms with E-state index in [0.717, 1.165) is 18.5 Å². The highest BCUT2D eigenvalue weighted by Crippen LogP contribution is 2.27. The monoisotopic (exact) mass is 299 g/mol. The quantitative estimate of drug-likeness (QED) is 0.903. The van der Waals surface area contributed by atoms with Gasteiger partial charge in [-0.3, -0.25) is 0 Å². The first-order valence-electron chi connectivity index (χ1n) is 7.31. The summed E-state index contributed by atoms with van der Waals surface area (Å²) >= 11 is 0. The van der Waals surface area contributed by atoms with Crippen LogP contribution in [0.25, 0.3) is 0 Å². The van der Waals surface area contributed by atoms with Gasteiger partial charge in [-0.05, 0) is 32.3 Å². The summed E-state index contributed by atoms with van der Waals surface area (Å²) in [5.41, 5.74) is 6.58. The number of sulfonamides is 1. The standard InChI is InChI=1S/C14H25N3O2S/c1-4-12-5-6-16(9-12)20(18,19)14-7-13(8-15)17(10-14)11(2)3/h7,10-12H,4-6,8-9,15H2,1-3H3. The molecule has 0 bridgehead atoms. The Morgan fingerprint density at radius 1 is 1.45 bits per heavy atom. The molecule has 0 amide bonds. The van der Waals surface area contributed by atoms with Gasteiger partial charge in [0.1, 0.15) is 4.90 Å². The molecule has 6 heteroatoms. The molecule has 114 valence electrons. The zero-order chi connectivity index (χ0) is 14.9. The van der Waals surface area contributed by atoms with Crippen molar-refractivity contribution in [2.75, 3.05) is 13.1 Å². The summed E-state index contributed by atoms with van der Waals surface area (Å²) < 4.78 is 28.9. The SMILES string of the molecule is CCC1CCN(S(=O)(=O)c2cc(CN)n(C(C)C)c2)C1. The molecule has 1 aromatic heterocycles. The van der Waals surface area contributed by atoms with E-state index in [0.29, 0.717) is 30.4 Å². The third-order valence-corrected chi connectivity index (χ3v) is 5.97. The second-order valence-corrected chi connectivity index (χ2v) is 7.74. The van der Waals surface area contributed by atoms with Crippen LogP contribution in [-0.2, 0) is 16.6 Å². The van der Waals surface area contributed by atoms with Crippen LogP contribution >= 0.6 is 0 Å². The highest BCUT2D eigenvalue weighted by atomic mass is 32.2. The second-order valence-electron chi connectivity index (χ2n) is 5.80. The first-order valence-corrected chi connectivity index (χ1v) is 8.75. The highest BCUT2D eigenvalue weighted by Gasteiger charge is 2.32. The molecule has 1 atom stereocenters. The van der Waals surface area contributed by atoms with Crippen molar-refractivity contribution in [1.82, 2.24) is 8.87 Å². The van der Waals surface area contributed by atoms with Gasteiger partial charge in [0.05, 0.1) is 0 Å². The van der Waals surface area contributed by atoms with Crippen LogP contribution < -0.4 is 5.73 Å². The van der Waals surface area contributed by atoms with Crippen LogP contribution in [-0.4, -0.2) is 30.4 Å². The Bertz CT molecular complexity index is 563. The smallest absolute Gasteiger partial charge is 0.244 e. The molecule has 0 radical (unpaired) electrons. The zero-order valence-corrected chi connectivity index (χ0v) is 13.4. The van der Waals surface area contributed by atoms with E-state index >= 15 is 0 Å². The molecule has 20 heavy (non-hydrogen) atoms. The Hall–Kier alpha value is -0.850. The molecule has 2 heterocycles. The summed E-state index contributed by atoms with van der Waals surface area (Å²) in [5, 5.41) is 0. The maximum Gasteiger partial charge on any atom is 0.244 e. The highest BCUT2D eigenvalue weighted by molar-refractivity contribution is 7.89. The largest absolute Gasteiger partial charge is 0.346 e. The number of hydrogen-bond acceptors (Lipinski definition) is 3. The zero-order valence-electron chi connectivity index (χ0n) is 12.5. The van der Waals surface area contributed by atoms with Gasteiger partial charge in [0.25, 0.3) is 0 Å². The van der Waals surface area contributed by atoms with Crippen molar-refractivity contribution in [2.24, 2.45) is 11.7 Å². The molecule has 1 aliphatic rings. The molecular formula is C14H25N3O2S. The van der Waals surface area contributed by atoms with Gasteiger partial charge >= 0.3 is 0 Å². The molecule has 2 rings (SSSR count). The minimum absolute atomic E-state index is 0.208. The molecule has 0 aromatic carbocycles. The lowest BCUT2D eigenvalue weighted by molar-refractivity contribution is 0.452. The van der Waals surface area contributed by atoms with Crippen molar-refractivity contribution in [3.05, 3.63) is 18.0 Å². The molecule has 1 fully saturated rings. The van der Waals surface area contributed by atoms with Crippen molar-refractivity contribution >= 4 is 10.0 Å². The molecule has 2 N–H and O–H groups in total. The van der Waals surface area contributed by atoms with Crippen LogP contribution in [0.15, 0.2) is 17.2 Å². The first kappa shape index (κ1) is 15.5. The molecule has 0 spiro atoms. The lowest BCUT2D eigenvalue weighted by Gasteiger charge is -2.15. The van der Waals surface area contributed by atoms with Gasteiger partial charge in [-0.15, -0.1) is 0 Å². The van der Waals surface area contributed by atoms with Crippen LogP contribution in [0.2, 0.25) is 0 Å². The summed E-state index contributed by atoms with van der Waals surface area (Å²) in [5.74, 6) is 0.492. The van der Waals surface area contributed by atoms with Crippen LogP contribution in [0.3, 0.4) is 0 Å². The Morgan fingerprint density at radius 2 is 2.15 bits per heavy atom. The number of aromatic nitrogens is 1. The Kier molecular flexibility index (Phi) is 4.56. The molecule has 1 saturated heterocycles. The van der Waals surface area contributed by atoms with E-state index in [-0.39, 0.29) is 6.04 Å². The molecular weight excluding hydrogens is 274 g/mol.